The van der Waals surface area contributed by atoms with Crippen molar-refractivity contribution in [1.29, 1.82) is 0 Å². The van der Waals surface area contributed by atoms with Crippen LogP contribution in [0.15, 0.2) is 60.8 Å². The van der Waals surface area contributed by atoms with Crippen LogP contribution in [0.2, 0.25) is 0 Å². The zero-order valence-electron chi connectivity index (χ0n) is 21.6. The number of rotatable bonds is 6. The topological polar surface area (TPSA) is 151 Å². The Labute approximate surface area is 221 Å². The standard InChI is InChI=1S/C28H32N6O4/c1-28(2,3)23-20(12-13-34(23)27(37)38)33-26(36)22-24(29)30-16-21(32-22)18-10-7-11-19(14-18)25(35)31-15-17-8-5-4-6-9-17/h4-11,14,16,20,23H,12-13,15H2,1-3H3,(H2,29,30)(H,31,35)(H,33,36)(H,37,38). The van der Waals surface area contributed by atoms with Crippen LogP contribution in [0.1, 0.15) is 53.6 Å². The fourth-order valence-corrected chi connectivity index (χ4v) is 4.87. The molecule has 3 aromatic rings. The predicted octanol–water partition coefficient (Wildman–Crippen LogP) is 3.55. The summed E-state index contributed by atoms with van der Waals surface area (Å²) < 4.78 is 0. The van der Waals surface area contributed by atoms with Crippen molar-refractivity contribution < 1.29 is 19.5 Å². The number of nitrogen functional groups attached to an aromatic ring is 1. The molecule has 1 saturated heterocycles. The fourth-order valence-electron chi connectivity index (χ4n) is 4.87. The molecule has 0 aliphatic carbocycles. The van der Waals surface area contributed by atoms with Crippen molar-refractivity contribution in [3.05, 3.63) is 77.6 Å². The van der Waals surface area contributed by atoms with E-state index >= 15 is 0 Å². The van der Waals surface area contributed by atoms with Gasteiger partial charge >= 0.3 is 6.09 Å². The van der Waals surface area contributed by atoms with Crippen LogP contribution in [0.25, 0.3) is 11.3 Å². The molecule has 0 saturated carbocycles. The highest BCUT2D eigenvalue weighted by molar-refractivity contribution is 5.97. The molecule has 4 rings (SSSR count). The molecular formula is C28H32N6O4. The van der Waals surface area contributed by atoms with Gasteiger partial charge in [0.25, 0.3) is 11.8 Å². The first-order chi connectivity index (χ1) is 18.0. The lowest BCUT2D eigenvalue weighted by Crippen LogP contribution is -2.53. The minimum atomic E-state index is -1.02. The number of nitrogens with two attached hydrogens (primary N) is 1. The van der Waals surface area contributed by atoms with Gasteiger partial charge in [0.2, 0.25) is 0 Å². The van der Waals surface area contributed by atoms with Crippen molar-refractivity contribution in [2.75, 3.05) is 12.3 Å². The number of carbonyl (C=O) groups is 3. The Morgan fingerprint density at radius 1 is 1.08 bits per heavy atom. The van der Waals surface area contributed by atoms with Crippen molar-refractivity contribution in [3.63, 3.8) is 0 Å². The van der Waals surface area contributed by atoms with Gasteiger partial charge in [-0.25, -0.2) is 14.8 Å². The number of carboxylic acid groups (broad SMARTS) is 1. The maximum Gasteiger partial charge on any atom is 0.407 e. The third-order valence-corrected chi connectivity index (χ3v) is 6.58. The predicted molar refractivity (Wildman–Crippen MR) is 143 cm³/mol. The van der Waals surface area contributed by atoms with E-state index in [0.717, 1.165) is 5.56 Å². The van der Waals surface area contributed by atoms with Crippen molar-refractivity contribution in [1.82, 2.24) is 25.5 Å². The van der Waals surface area contributed by atoms with Crippen LogP contribution in [-0.2, 0) is 6.54 Å². The Balaban J connectivity index is 1.52. The Bertz CT molecular complexity index is 1340. The Morgan fingerprint density at radius 2 is 1.82 bits per heavy atom. The van der Waals surface area contributed by atoms with Gasteiger partial charge in [-0.2, -0.15) is 0 Å². The highest BCUT2D eigenvalue weighted by atomic mass is 16.4. The summed E-state index contributed by atoms with van der Waals surface area (Å²) in [6, 6.07) is 15.7. The van der Waals surface area contributed by atoms with Gasteiger partial charge in [0, 0.05) is 24.2 Å². The molecule has 0 spiro atoms. The first kappa shape index (κ1) is 26.6. The highest BCUT2D eigenvalue weighted by Crippen LogP contribution is 2.33. The van der Waals surface area contributed by atoms with Gasteiger partial charge in [-0.1, -0.05) is 63.2 Å². The van der Waals surface area contributed by atoms with Crippen LogP contribution in [0.5, 0.6) is 0 Å². The molecule has 10 heteroatoms. The summed E-state index contributed by atoms with van der Waals surface area (Å²) in [5.41, 5.74) is 7.97. The average molecular weight is 517 g/mol. The van der Waals surface area contributed by atoms with Crippen LogP contribution in [0, 0.1) is 5.41 Å². The summed E-state index contributed by atoms with van der Waals surface area (Å²) in [5, 5.41) is 15.4. The Morgan fingerprint density at radius 3 is 2.50 bits per heavy atom. The zero-order valence-corrected chi connectivity index (χ0v) is 21.6. The molecule has 5 N–H and O–H groups in total. The molecule has 0 radical (unpaired) electrons. The van der Waals surface area contributed by atoms with Crippen LogP contribution >= 0.6 is 0 Å². The molecule has 2 unspecified atom stereocenters. The maximum absolute atomic E-state index is 13.2. The number of hydrogen-bond acceptors (Lipinski definition) is 6. The SMILES string of the molecule is CC(C)(C)C1C(NC(=O)c2nc(-c3cccc(C(=O)NCc4ccccc4)c3)cnc2N)CCN1C(=O)O. The lowest BCUT2D eigenvalue weighted by Gasteiger charge is -2.37. The summed E-state index contributed by atoms with van der Waals surface area (Å²) >= 11 is 0. The number of nitrogens with zero attached hydrogens (tertiary/aromatic N) is 3. The maximum atomic E-state index is 13.2. The molecule has 1 aliphatic heterocycles. The number of benzene rings is 2. The largest absolute Gasteiger partial charge is 0.465 e. The third kappa shape index (κ3) is 5.91. The molecule has 38 heavy (non-hydrogen) atoms. The van der Waals surface area contributed by atoms with Crippen molar-refractivity contribution in [3.8, 4) is 11.3 Å². The van der Waals surface area contributed by atoms with E-state index in [1.807, 2.05) is 51.1 Å². The van der Waals surface area contributed by atoms with E-state index in [1.165, 1.54) is 11.1 Å². The molecule has 1 aliphatic rings. The van der Waals surface area contributed by atoms with Gasteiger partial charge in [-0.05, 0) is 29.5 Å². The first-order valence-electron chi connectivity index (χ1n) is 12.4. The van der Waals surface area contributed by atoms with E-state index in [1.54, 1.807) is 24.3 Å². The third-order valence-electron chi connectivity index (χ3n) is 6.58. The fraction of sp³-hybridized carbons (Fsp3) is 0.321. The molecule has 1 aromatic heterocycles. The first-order valence-corrected chi connectivity index (χ1v) is 12.4. The summed E-state index contributed by atoms with van der Waals surface area (Å²) in [7, 11) is 0. The lowest BCUT2D eigenvalue weighted by atomic mass is 9.82. The van der Waals surface area contributed by atoms with Crippen molar-refractivity contribution in [2.45, 2.75) is 45.8 Å². The normalized spacial score (nSPS) is 17.2. The molecule has 0 bridgehead atoms. The minimum Gasteiger partial charge on any atom is -0.465 e. The van der Waals surface area contributed by atoms with Gasteiger partial charge in [-0.15, -0.1) is 0 Å². The number of amides is 3. The average Bonchev–Trinajstić information content (AvgIpc) is 3.33. The molecule has 2 atom stereocenters. The quantitative estimate of drug-likeness (QED) is 0.391. The van der Waals surface area contributed by atoms with E-state index < -0.39 is 29.5 Å². The van der Waals surface area contributed by atoms with Gasteiger partial charge in [0.05, 0.1) is 24.0 Å². The second kappa shape index (κ2) is 10.9. The number of hydrogen-bond donors (Lipinski definition) is 4. The summed E-state index contributed by atoms with van der Waals surface area (Å²) in [6.45, 7) is 6.54. The zero-order chi connectivity index (χ0) is 27.4. The highest BCUT2D eigenvalue weighted by Gasteiger charge is 2.44. The Kier molecular flexibility index (Phi) is 7.61. The molecule has 1 fully saturated rings. The second-order valence-electron chi connectivity index (χ2n) is 10.4. The van der Waals surface area contributed by atoms with Gasteiger partial charge in [0.1, 0.15) is 0 Å². The van der Waals surface area contributed by atoms with Crippen molar-refractivity contribution in [2.24, 2.45) is 5.41 Å². The molecule has 3 amide bonds. The van der Waals surface area contributed by atoms with Crippen LogP contribution in [0.4, 0.5) is 10.6 Å². The smallest absolute Gasteiger partial charge is 0.407 e. The monoisotopic (exact) mass is 516 g/mol. The van der Waals surface area contributed by atoms with Crippen molar-refractivity contribution >= 4 is 23.7 Å². The van der Waals surface area contributed by atoms with Crippen LogP contribution < -0.4 is 16.4 Å². The number of likely N-dealkylation sites (tertiary alicyclic amines) is 1. The van der Waals surface area contributed by atoms with E-state index in [4.69, 9.17) is 5.73 Å². The van der Waals surface area contributed by atoms with E-state index in [2.05, 4.69) is 20.6 Å². The molecule has 10 nitrogen and oxygen atoms in total. The molecule has 2 heterocycles. The van der Waals surface area contributed by atoms with Gasteiger partial charge < -0.3 is 26.4 Å². The van der Waals surface area contributed by atoms with E-state index in [-0.39, 0.29) is 17.4 Å². The number of aromatic nitrogens is 2. The Hall–Kier alpha value is -4.47. The van der Waals surface area contributed by atoms with Crippen LogP contribution in [-0.4, -0.2) is 56.5 Å². The molecule has 2 aromatic carbocycles. The van der Waals surface area contributed by atoms with E-state index in [0.29, 0.717) is 36.3 Å². The van der Waals surface area contributed by atoms with Crippen LogP contribution in [0.3, 0.4) is 0 Å². The van der Waals surface area contributed by atoms with Gasteiger partial charge in [-0.3, -0.25) is 9.59 Å². The summed E-state index contributed by atoms with van der Waals surface area (Å²) in [5.74, 6) is -0.807. The molecular weight excluding hydrogens is 484 g/mol. The number of anilines is 1. The second-order valence-corrected chi connectivity index (χ2v) is 10.4. The minimum absolute atomic E-state index is 0.0385. The number of nitrogens with one attached hydrogen (secondary N) is 2. The lowest BCUT2D eigenvalue weighted by molar-refractivity contribution is 0.0823. The molecule has 198 valence electrons. The van der Waals surface area contributed by atoms with E-state index in [9.17, 15) is 19.5 Å². The number of carbonyl (C=O) groups excluding carboxylic acids is 2. The van der Waals surface area contributed by atoms with Gasteiger partial charge in [0.15, 0.2) is 11.5 Å². The summed E-state index contributed by atoms with van der Waals surface area (Å²) in [4.78, 5) is 47.7. The summed E-state index contributed by atoms with van der Waals surface area (Å²) in [6.07, 6.45) is 0.913.